The summed E-state index contributed by atoms with van der Waals surface area (Å²) in [6, 6.07) is 8.82. The van der Waals surface area contributed by atoms with Gasteiger partial charge in [-0.1, -0.05) is 31.2 Å². The van der Waals surface area contributed by atoms with E-state index in [9.17, 15) is 0 Å². The van der Waals surface area contributed by atoms with Gasteiger partial charge in [0.2, 0.25) is 0 Å². The average molecular weight is 443 g/mol. The Labute approximate surface area is 163 Å². The van der Waals surface area contributed by atoms with Crippen molar-refractivity contribution in [2.75, 3.05) is 20.2 Å². The van der Waals surface area contributed by atoms with Gasteiger partial charge in [0.15, 0.2) is 5.96 Å². The summed E-state index contributed by atoms with van der Waals surface area (Å²) >= 11 is 0. The van der Waals surface area contributed by atoms with Crippen molar-refractivity contribution in [3.05, 3.63) is 42.0 Å². The second-order valence-corrected chi connectivity index (χ2v) is 6.01. The van der Waals surface area contributed by atoms with Gasteiger partial charge in [-0.25, -0.2) is 0 Å². The number of methoxy groups -OCH3 is 1. The highest BCUT2D eigenvalue weighted by Crippen LogP contribution is 2.21. The molecule has 0 spiro atoms. The highest BCUT2D eigenvalue weighted by molar-refractivity contribution is 14.0. The standard InChI is InChI=1S/C19H29N3O.HI/c1-4-20-19(22-17-7-5-6-8-17)21-14-13-15(2)16-9-11-18(23-3)12-10-16;/h5-6,9-12,15,17H,4,7-8,13-14H2,1-3H3,(H2,20,21,22);1H. The van der Waals surface area contributed by atoms with Crippen LogP contribution in [0.2, 0.25) is 0 Å². The summed E-state index contributed by atoms with van der Waals surface area (Å²) in [6.07, 6.45) is 7.67. The van der Waals surface area contributed by atoms with E-state index < -0.39 is 0 Å². The lowest BCUT2D eigenvalue weighted by atomic mass is 9.98. The van der Waals surface area contributed by atoms with Gasteiger partial charge in [-0.2, -0.15) is 0 Å². The van der Waals surface area contributed by atoms with Crippen molar-refractivity contribution in [1.29, 1.82) is 0 Å². The molecule has 2 rings (SSSR count). The molecule has 4 nitrogen and oxygen atoms in total. The van der Waals surface area contributed by atoms with Crippen LogP contribution in [-0.2, 0) is 0 Å². The Morgan fingerprint density at radius 1 is 1.25 bits per heavy atom. The van der Waals surface area contributed by atoms with Crippen molar-refractivity contribution in [2.24, 2.45) is 4.99 Å². The van der Waals surface area contributed by atoms with Crippen LogP contribution in [0.15, 0.2) is 41.4 Å². The average Bonchev–Trinajstić information content (AvgIpc) is 3.08. The Bertz CT molecular complexity index is 520. The molecule has 1 aliphatic rings. The van der Waals surface area contributed by atoms with E-state index in [0.717, 1.165) is 44.1 Å². The largest absolute Gasteiger partial charge is 0.497 e. The van der Waals surface area contributed by atoms with Crippen molar-refractivity contribution in [3.63, 3.8) is 0 Å². The molecule has 0 saturated carbocycles. The number of nitrogens with zero attached hydrogens (tertiary/aromatic N) is 1. The van der Waals surface area contributed by atoms with Gasteiger partial charge in [0, 0.05) is 19.1 Å². The third kappa shape index (κ3) is 6.71. The van der Waals surface area contributed by atoms with Gasteiger partial charge in [-0.05, 0) is 49.8 Å². The van der Waals surface area contributed by atoms with E-state index in [-0.39, 0.29) is 24.0 Å². The highest BCUT2D eigenvalue weighted by atomic mass is 127. The molecule has 2 N–H and O–H groups in total. The van der Waals surface area contributed by atoms with E-state index in [2.05, 4.69) is 48.8 Å². The molecule has 0 heterocycles. The Hall–Kier alpha value is -1.24. The van der Waals surface area contributed by atoms with Gasteiger partial charge in [-0.15, -0.1) is 24.0 Å². The van der Waals surface area contributed by atoms with Crippen molar-refractivity contribution in [1.82, 2.24) is 10.6 Å². The minimum absolute atomic E-state index is 0. The summed E-state index contributed by atoms with van der Waals surface area (Å²) in [7, 11) is 1.70. The van der Waals surface area contributed by atoms with Crippen LogP contribution in [0.25, 0.3) is 0 Å². The number of rotatable bonds is 7. The summed E-state index contributed by atoms with van der Waals surface area (Å²) in [5.41, 5.74) is 1.33. The molecule has 1 aromatic rings. The number of hydrogen-bond acceptors (Lipinski definition) is 2. The lowest BCUT2D eigenvalue weighted by Gasteiger charge is -2.17. The molecule has 0 saturated heterocycles. The monoisotopic (exact) mass is 443 g/mol. The number of hydrogen-bond donors (Lipinski definition) is 2. The SMILES string of the molecule is CCNC(=NCCC(C)c1ccc(OC)cc1)NC1CC=CC1.I. The van der Waals surface area contributed by atoms with Crippen molar-refractivity contribution in [3.8, 4) is 5.75 Å². The van der Waals surface area contributed by atoms with Crippen LogP contribution in [0.5, 0.6) is 5.75 Å². The summed E-state index contributed by atoms with van der Waals surface area (Å²) < 4.78 is 5.21. The van der Waals surface area contributed by atoms with Crippen molar-refractivity contribution in [2.45, 2.75) is 45.1 Å². The van der Waals surface area contributed by atoms with Crippen molar-refractivity contribution >= 4 is 29.9 Å². The molecule has 134 valence electrons. The number of aliphatic imine (C=N–C) groups is 1. The van der Waals surface area contributed by atoms with Gasteiger partial charge < -0.3 is 15.4 Å². The number of guanidine groups is 1. The molecule has 24 heavy (non-hydrogen) atoms. The normalized spacial score (nSPS) is 15.7. The topological polar surface area (TPSA) is 45.7 Å². The van der Waals surface area contributed by atoms with Crippen LogP contribution in [0.1, 0.15) is 44.6 Å². The fraction of sp³-hybridized carbons (Fsp3) is 0.526. The first-order chi connectivity index (χ1) is 11.2. The third-order valence-corrected chi connectivity index (χ3v) is 4.21. The quantitative estimate of drug-likeness (QED) is 0.289. The zero-order valence-corrected chi connectivity index (χ0v) is 17.2. The first-order valence-corrected chi connectivity index (χ1v) is 8.56. The zero-order chi connectivity index (χ0) is 16.5. The Balaban J connectivity index is 0.00000288. The van der Waals surface area contributed by atoms with Crippen LogP contribution < -0.4 is 15.4 Å². The van der Waals surface area contributed by atoms with Crippen molar-refractivity contribution < 1.29 is 4.74 Å². The van der Waals surface area contributed by atoms with E-state index in [1.165, 1.54) is 5.56 Å². The molecular weight excluding hydrogens is 413 g/mol. The van der Waals surface area contributed by atoms with Crippen LogP contribution in [0.4, 0.5) is 0 Å². The van der Waals surface area contributed by atoms with Gasteiger partial charge in [0.1, 0.15) is 5.75 Å². The number of nitrogens with one attached hydrogen (secondary N) is 2. The molecule has 1 atom stereocenters. The fourth-order valence-electron chi connectivity index (χ4n) is 2.72. The maximum Gasteiger partial charge on any atom is 0.191 e. The molecule has 1 aromatic carbocycles. The van der Waals surface area contributed by atoms with E-state index >= 15 is 0 Å². The lowest BCUT2D eigenvalue weighted by Crippen LogP contribution is -2.42. The minimum Gasteiger partial charge on any atom is -0.497 e. The second kappa shape index (κ2) is 11.3. The molecule has 0 amide bonds. The zero-order valence-electron chi connectivity index (χ0n) is 14.9. The smallest absolute Gasteiger partial charge is 0.191 e. The Morgan fingerprint density at radius 2 is 1.92 bits per heavy atom. The molecule has 5 heteroatoms. The summed E-state index contributed by atoms with van der Waals surface area (Å²) in [4.78, 5) is 4.72. The Morgan fingerprint density at radius 3 is 2.50 bits per heavy atom. The number of benzene rings is 1. The fourth-order valence-corrected chi connectivity index (χ4v) is 2.72. The molecular formula is C19H30IN3O. The molecule has 0 aromatic heterocycles. The minimum atomic E-state index is 0. The maximum atomic E-state index is 5.21. The second-order valence-electron chi connectivity index (χ2n) is 6.01. The summed E-state index contributed by atoms with van der Waals surface area (Å²) in [5.74, 6) is 2.33. The highest BCUT2D eigenvalue weighted by Gasteiger charge is 2.11. The number of ether oxygens (including phenoxy) is 1. The first kappa shape index (κ1) is 20.8. The van der Waals surface area contributed by atoms with E-state index in [1.54, 1.807) is 7.11 Å². The van der Waals surface area contributed by atoms with Gasteiger partial charge >= 0.3 is 0 Å². The predicted octanol–water partition coefficient (Wildman–Crippen LogP) is 4.08. The van der Waals surface area contributed by atoms with Crippen LogP contribution in [-0.4, -0.2) is 32.2 Å². The van der Waals surface area contributed by atoms with Gasteiger partial charge in [-0.3, -0.25) is 4.99 Å². The molecule has 0 bridgehead atoms. The summed E-state index contributed by atoms with van der Waals surface area (Å²) in [5, 5.41) is 6.84. The van der Waals surface area contributed by atoms with Gasteiger partial charge in [0.05, 0.1) is 7.11 Å². The molecule has 0 aliphatic heterocycles. The van der Waals surface area contributed by atoms with Crippen LogP contribution in [0, 0.1) is 0 Å². The molecule has 1 unspecified atom stereocenters. The summed E-state index contributed by atoms with van der Waals surface area (Å²) in [6.45, 7) is 6.06. The molecule has 0 radical (unpaired) electrons. The maximum absolute atomic E-state index is 5.21. The Kier molecular flexibility index (Phi) is 9.83. The lowest BCUT2D eigenvalue weighted by molar-refractivity contribution is 0.414. The van der Waals surface area contributed by atoms with E-state index in [1.807, 2.05) is 12.1 Å². The predicted molar refractivity (Wildman–Crippen MR) is 113 cm³/mol. The van der Waals surface area contributed by atoms with E-state index in [0.29, 0.717) is 12.0 Å². The molecule has 0 fully saturated rings. The van der Waals surface area contributed by atoms with E-state index in [4.69, 9.17) is 9.73 Å². The van der Waals surface area contributed by atoms with Gasteiger partial charge in [0.25, 0.3) is 0 Å². The van der Waals surface area contributed by atoms with Crippen LogP contribution >= 0.6 is 24.0 Å². The third-order valence-electron chi connectivity index (χ3n) is 4.21. The first-order valence-electron chi connectivity index (χ1n) is 8.56. The number of halogens is 1. The van der Waals surface area contributed by atoms with Crippen LogP contribution in [0.3, 0.4) is 0 Å². The molecule has 1 aliphatic carbocycles.